The van der Waals surface area contributed by atoms with Crippen molar-refractivity contribution in [1.29, 1.82) is 0 Å². The number of benzene rings is 2. The van der Waals surface area contributed by atoms with E-state index < -0.39 is 11.6 Å². The lowest BCUT2D eigenvalue weighted by Gasteiger charge is -2.33. The molecule has 1 aliphatic rings. The number of hydrogen-bond acceptors (Lipinski definition) is 2. The number of rotatable bonds is 4. The summed E-state index contributed by atoms with van der Waals surface area (Å²) in [6, 6.07) is 10.7. The summed E-state index contributed by atoms with van der Waals surface area (Å²) in [6.45, 7) is 1.35. The lowest BCUT2D eigenvalue weighted by Crippen LogP contribution is -2.42. The highest BCUT2D eigenvalue weighted by Crippen LogP contribution is 2.30. The van der Waals surface area contributed by atoms with Crippen LogP contribution < -0.4 is 5.32 Å². The Kier molecular flexibility index (Phi) is 5.83. The van der Waals surface area contributed by atoms with Crippen LogP contribution in [0.15, 0.2) is 42.5 Å². The molecule has 1 fully saturated rings. The molecule has 1 saturated heterocycles. The van der Waals surface area contributed by atoms with E-state index >= 15 is 0 Å². The topological polar surface area (TPSA) is 41.6 Å². The number of urea groups is 1. The maximum absolute atomic E-state index is 14.1. The van der Waals surface area contributed by atoms with Gasteiger partial charge in [0.25, 0.3) is 0 Å². The molecule has 1 heterocycles. The number of ether oxygens (including phenoxy) is 1. The monoisotopic (exact) mass is 360 g/mol. The average molecular weight is 360 g/mol. The highest BCUT2D eigenvalue weighted by Gasteiger charge is 2.27. The Hall–Kier alpha value is -2.47. The van der Waals surface area contributed by atoms with Gasteiger partial charge in [-0.15, -0.1) is 0 Å². The summed E-state index contributed by atoms with van der Waals surface area (Å²) < 4.78 is 32.7. The fourth-order valence-electron chi connectivity index (χ4n) is 3.36. The molecule has 0 spiro atoms. The zero-order valence-corrected chi connectivity index (χ0v) is 14.7. The van der Waals surface area contributed by atoms with E-state index in [1.807, 2.05) is 24.3 Å². The lowest BCUT2D eigenvalue weighted by molar-refractivity contribution is 0.184. The van der Waals surface area contributed by atoms with Crippen LogP contribution in [-0.4, -0.2) is 31.1 Å². The number of nitrogens with zero attached hydrogens (tertiary/aromatic N) is 1. The summed E-state index contributed by atoms with van der Waals surface area (Å²) in [7, 11) is 1.60. The number of amides is 2. The predicted molar refractivity (Wildman–Crippen MR) is 96.1 cm³/mol. The molecule has 0 aliphatic carbocycles. The van der Waals surface area contributed by atoms with Crippen LogP contribution in [0.1, 0.15) is 29.9 Å². The Labute approximate surface area is 151 Å². The highest BCUT2D eigenvalue weighted by atomic mass is 19.1. The molecule has 6 heteroatoms. The number of nitrogens with one attached hydrogen (secondary N) is 1. The molecule has 0 saturated carbocycles. The lowest BCUT2D eigenvalue weighted by atomic mass is 9.90. The average Bonchev–Trinajstić information content (AvgIpc) is 2.65. The molecule has 1 aliphatic heterocycles. The minimum Gasteiger partial charge on any atom is -0.380 e. The largest absolute Gasteiger partial charge is 0.380 e. The number of likely N-dealkylation sites (tertiary alicyclic amines) is 1. The molecular weight excluding hydrogens is 338 g/mol. The number of hydrogen-bond donors (Lipinski definition) is 1. The first kappa shape index (κ1) is 18.3. The van der Waals surface area contributed by atoms with Crippen molar-refractivity contribution in [1.82, 2.24) is 4.90 Å². The molecule has 1 N–H and O–H groups in total. The van der Waals surface area contributed by atoms with Gasteiger partial charge in [-0.05, 0) is 42.7 Å². The second-order valence-corrected chi connectivity index (χ2v) is 6.47. The predicted octanol–water partition coefficient (Wildman–Crippen LogP) is 4.52. The van der Waals surface area contributed by atoms with E-state index in [1.165, 1.54) is 6.07 Å². The Balaban J connectivity index is 1.71. The molecule has 0 bridgehead atoms. The Morgan fingerprint density at radius 3 is 2.88 bits per heavy atom. The first-order valence-electron chi connectivity index (χ1n) is 8.66. The van der Waals surface area contributed by atoms with Crippen LogP contribution in [0.3, 0.4) is 0 Å². The van der Waals surface area contributed by atoms with Gasteiger partial charge in [0.05, 0.1) is 6.61 Å². The van der Waals surface area contributed by atoms with Crippen molar-refractivity contribution in [2.75, 3.05) is 25.5 Å². The summed E-state index contributed by atoms with van der Waals surface area (Å²) in [5.41, 5.74) is 1.91. The minimum absolute atomic E-state index is 0.209. The molecule has 3 rings (SSSR count). The van der Waals surface area contributed by atoms with Gasteiger partial charge in [-0.3, -0.25) is 0 Å². The molecule has 1 atom stereocenters. The van der Waals surface area contributed by atoms with Gasteiger partial charge < -0.3 is 15.0 Å². The van der Waals surface area contributed by atoms with Crippen LogP contribution in [0.4, 0.5) is 19.3 Å². The van der Waals surface area contributed by atoms with Crippen molar-refractivity contribution >= 4 is 11.7 Å². The van der Waals surface area contributed by atoms with E-state index in [9.17, 15) is 13.6 Å². The fourth-order valence-corrected chi connectivity index (χ4v) is 3.36. The van der Waals surface area contributed by atoms with E-state index in [4.69, 9.17) is 4.74 Å². The molecule has 2 aromatic carbocycles. The van der Waals surface area contributed by atoms with E-state index in [-0.39, 0.29) is 11.9 Å². The van der Waals surface area contributed by atoms with Gasteiger partial charge >= 0.3 is 6.03 Å². The molecule has 2 aromatic rings. The van der Waals surface area contributed by atoms with Crippen molar-refractivity contribution < 1.29 is 18.3 Å². The van der Waals surface area contributed by atoms with Gasteiger partial charge in [0.15, 0.2) is 0 Å². The van der Waals surface area contributed by atoms with Crippen LogP contribution in [0.5, 0.6) is 0 Å². The van der Waals surface area contributed by atoms with E-state index in [0.717, 1.165) is 30.5 Å². The van der Waals surface area contributed by atoms with Gasteiger partial charge in [-0.25, -0.2) is 13.6 Å². The van der Waals surface area contributed by atoms with Crippen LogP contribution in [0.2, 0.25) is 0 Å². The molecule has 2 amide bonds. The second kappa shape index (κ2) is 8.27. The van der Waals surface area contributed by atoms with Crippen molar-refractivity contribution in [3.63, 3.8) is 0 Å². The van der Waals surface area contributed by atoms with Gasteiger partial charge in [-0.2, -0.15) is 0 Å². The Morgan fingerprint density at radius 1 is 1.27 bits per heavy atom. The maximum Gasteiger partial charge on any atom is 0.321 e. The quantitative estimate of drug-likeness (QED) is 0.871. The summed E-state index contributed by atoms with van der Waals surface area (Å²) >= 11 is 0. The third-order valence-electron chi connectivity index (χ3n) is 4.67. The van der Waals surface area contributed by atoms with Gasteiger partial charge in [0.1, 0.15) is 11.6 Å². The minimum atomic E-state index is -0.462. The van der Waals surface area contributed by atoms with Crippen molar-refractivity contribution in [3.8, 4) is 0 Å². The summed E-state index contributed by atoms with van der Waals surface area (Å²) in [5, 5.41) is 2.90. The Bertz CT molecular complexity index is 782. The van der Waals surface area contributed by atoms with Crippen LogP contribution >= 0.6 is 0 Å². The van der Waals surface area contributed by atoms with Crippen LogP contribution in [0, 0.1) is 11.6 Å². The smallest absolute Gasteiger partial charge is 0.321 e. The number of anilines is 1. The standard InChI is InChI=1S/C20H22F2N2O2/c1-26-13-15-5-2-3-7-19(15)23-20(25)24-10-4-6-14(12-24)17-11-16(21)8-9-18(17)22/h2-3,5,7-9,11,14H,4,6,10,12-13H2,1H3,(H,23,25)/t14-/m1/s1. The molecule has 26 heavy (non-hydrogen) atoms. The van der Waals surface area contributed by atoms with Gasteiger partial charge in [0.2, 0.25) is 0 Å². The van der Waals surface area contributed by atoms with E-state index in [2.05, 4.69) is 5.32 Å². The molecule has 0 aromatic heterocycles. The third kappa shape index (κ3) is 4.19. The summed E-state index contributed by atoms with van der Waals surface area (Å²) in [5.74, 6) is -1.10. The molecule has 0 unspecified atom stereocenters. The highest BCUT2D eigenvalue weighted by molar-refractivity contribution is 5.90. The Morgan fingerprint density at radius 2 is 2.08 bits per heavy atom. The number of piperidine rings is 1. The van der Waals surface area contributed by atoms with Crippen molar-refractivity contribution in [3.05, 3.63) is 65.2 Å². The number of carbonyl (C=O) groups is 1. The zero-order valence-electron chi connectivity index (χ0n) is 14.7. The van der Waals surface area contributed by atoms with Crippen molar-refractivity contribution in [2.24, 2.45) is 0 Å². The molecule has 138 valence electrons. The third-order valence-corrected chi connectivity index (χ3v) is 4.67. The van der Waals surface area contributed by atoms with Crippen LogP contribution in [0.25, 0.3) is 0 Å². The second-order valence-electron chi connectivity index (χ2n) is 6.47. The molecule has 0 radical (unpaired) electrons. The first-order valence-corrected chi connectivity index (χ1v) is 8.66. The SMILES string of the molecule is COCc1ccccc1NC(=O)N1CCC[C@@H](c2cc(F)ccc2F)C1. The van der Waals surface area contributed by atoms with Gasteiger partial charge in [-0.1, -0.05) is 18.2 Å². The summed E-state index contributed by atoms with van der Waals surface area (Å²) in [6.07, 6.45) is 1.47. The summed E-state index contributed by atoms with van der Waals surface area (Å²) in [4.78, 5) is 14.3. The normalized spacial score (nSPS) is 17.2. The molecule has 4 nitrogen and oxygen atoms in total. The van der Waals surface area contributed by atoms with Crippen molar-refractivity contribution in [2.45, 2.75) is 25.4 Å². The maximum atomic E-state index is 14.1. The zero-order chi connectivity index (χ0) is 18.5. The van der Waals surface area contributed by atoms with E-state index in [1.54, 1.807) is 12.0 Å². The van der Waals surface area contributed by atoms with Gasteiger partial charge in [0, 0.05) is 37.4 Å². The van der Waals surface area contributed by atoms with E-state index in [0.29, 0.717) is 30.9 Å². The fraction of sp³-hybridized carbons (Fsp3) is 0.350. The molecular formula is C20H22F2N2O2. The number of carbonyl (C=O) groups excluding carboxylic acids is 1. The van der Waals surface area contributed by atoms with Crippen LogP contribution in [-0.2, 0) is 11.3 Å². The number of halogens is 2. The first-order chi connectivity index (χ1) is 12.6. The number of methoxy groups -OCH3 is 1. The number of para-hydroxylation sites is 1.